The molecule has 2 rings (SSSR count). The molecule has 1 aliphatic heterocycles. The van der Waals surface area contributed by atoms with E-state index in [9.17, 15) is 9.59 Å². The Labute approximate surface area is 164 Å². The number of esters is 2. The number of rotatable bonds is 8. The maximum atomic E-state index is 15.6. The molecule has 1 aromatic carbocycles. The normalized spacial score (nSPS) is 29.9. The predicted octanol–water partition coefficient (Wildman–Crippen LogP) is 1.99. The molecule has 1 aliphatic rings. The first-order chi connectivity index (χ1) is 13.4. The largest absolute Gasteiger partial charge is 0.465 e. The van der Waals surface area contributed by atoms with Gasteiger partial charge in [0.05, 0.1) is 19.8 Å². The summed E-state index contributed by atoms with van der Waals surface area (Å²) in [5.41, 5.74) is 0.729. The topological polar surface area (TPSA) is 83.1 Å². The molecule has 5 unspecified atom stereocenters. The van der Waals surface area contributed by atoms with Gasteiger partial charge in [-0.2, -0.15) is 0 Å². The van der Waals surface area contributed by atoms with E-state index in [1.54, 1.807) is 31.2 Å². The second-order valence-corrected chi connectivity index (χ2v) is 6.73. The van der Waals surface area contributed by atoms with Crippen LogP contribution in [-0.4, -0.2) is 56.3 Å². The summed E-state index contributed by atoms with van der Waals surface area (Å²) < 4.78 is 37.1. The summed E-state index contributed by atoms with van der Waals surface area (Å²) in [6.07, 6.45) is -3.91. The SMILES string of the molecule is CCNCC1OC(OCc2ccccc2)(C(=O)OC)C(F)C(OC(C)=O)C1C. The first-order valence-corrected chi connectivity index (χ1v) is 9.31. The average Bonchev–Trinajstić information content (AvgIpc) is 2.70. The van der Waals surface area contributed by atoms with Gasteiger partial charge in [0.1, 0.15) is 6.10 Å². The Hall–Kier alpha value is -2.03. The Balaban J connectivity index is 2.37. The van der Waals surface area contributed by atoms with Crippen molar-refractivity contribution in [3.05, 3.63) is 35.9 Å². The molecule has 156 valence electrons. The number of carbonyl (C=O) groups excluding carboxylic acids is 2. The van der Waals surface area contributed by atoms with Crippen LogP contribution in [0.15, 0.2) is 30.3 Å². The summed E-state index contributed by atoms with van der Waals surface area (Å²) in [7, 11) is 1.13. The predicted molar refractivity (Wildman–Crippen MR) is 99.0 cm³/mol. The van der Waals surface area contributed by atoms with E-state index in [4.69, 9.17) is 18.9 Å². The highest BCUT2D eigenvalue weighted by atomic mass is 19.1. The van der Waals surface area contributed by atoms with E-state index in [0.29, 0.717) is 13.1 Å². The van der Waals surface area contributed by atoms with E-state index in [1.807, 2.05) is 13.0 Å². The van der Waals surface area contributed by atoms with Crippen LogP contribution in [0, 0.1) is 5.92 Å². The standard InChI is InChI=1S/C20H28FNO6/c1-5-22-11-16-13(2)17(27-14(3)23)18(21)20(28-16,19(24)25-4)26-12-15-9-7-6-8-10-15/h6-10,13,16-18,22H,5,11-12H2,1-4H3. The van der Waals surface area contributed by atoms with E-state index < -0.39 is 42.0 Å². The summed E-state index contributed by atoms with van der Waals surface area (Å²) in [6, 6.07) is 9.00. The Morgan fingerprint density at radius 1 is 1.29 bits per heavy atom. The van der Waals surface area contributed by atoms with E-state index in [-0.39, 0.29) is 6.61 Å². The third-order valence-corrected chi connectivity index (χ3v) is 4.75. The fourth-order valence-corrected chi connectivity index (χ4v) is 3.20. The molecule has 8 heteroatoms. The molecular weight excluding hydrogens is 369 g/mol. The first-order valence-electron chi connectivity index (χ1n) is 9.31. The highest BCUT2D eigenvalue weighted by molar-refractivity contribution is 5.79. The van der Waals surface area contributed by atoms with Crippen LogP contribution in [0.1, 0.15) is 26.3 Å². The molecule has 1 fully saturated rings. The molecule has 0 saturated carbocycles. The molecule has 1 aromatic rings. The second-order valence-electron chi connectivity index (χ2n) is 6.73. The van der Waals surface area contributed by atoms with Crippen molar-refractivity contribution in [1.29, 1.82) is 0 Å². The van der Waals surface area contributed by atoms with Crippen LogP contribution in [-0.2, 0) is 35.1 Å². The number of alkyl halides is 1. The zero-order valence-corrected chi connectivity index (χ0v) is 16.6. The van der Waals surface area contributed by atoms with Gasteiger partial charge in [-0.3, -0.25) is 4.79 Å². The van der Waals surface area contributed by atoms with Crippen molar-refractivity contribution >= 4 is 11.9 Å². The quantitative estimate of drug-likeness (QED) is 0.672. The highest BCUT2D eigenvalue weighted by Crippen LogP contribution is 2.39. The number of likely N-dealkylation sites (N-methyl/N-ethyl adjacent to an activating group) is 1. The van der Waals surface area contributed by atoms with E-state index in [2.05, 4.69) is 5.32 Å². The maximum absolute atomic E-state index is 15.6. The number of benzene rings is 1. The Morgan fingerprint density at radius 3 is 2.54 bits per heavy atom. The van der Waals surface area contributed by atoms with Crippen LogP contribution >= 0.6 is 0 Å². The fourth-order valence-electron chi connectivity index (χ4n) is 3.20. The molecule has 0 aliphatic carbocycles. The zero-order chi connectivity index (χ0) is 20.7. The first kappa shape index (κ1) is 22.3. The van der Waals surface area contributed by atoms with Crippen LogP contribution in [0.4, 0.5) is 4.39 Å². The lowest BCUT2D eigenvalue weighted by Gasteiger charge is -2.47. The highest BCUT2D eigenvalue weighted by Gasteiger charge is 2.62. The van der Waals surface area contributed by atoms with Crippen molar-refractivity contribution in [3.63, 3.8) is 0 Å². The summed E-state index contributed by atoms with van der Waals surface area (Å²) in [5, 5.41) is 3.11. The summed E-state index contributed by atoms with van der Waals surface area (Å²) in [4.78, 5) is 24.2. The van der Waals surface area contributed by atoms with E-state index in [0.717, 1.165) is 12.7 Å². The molecular formula is C20H28FNO6. The van der Waals surface area contributed by atoms with Gasteiger partial charge in [0.25, 0.3) is 0 Å². The molecule has 1 heterocycles. The van der Waals surface area contributed by atoms with Crippen molar-refractivity contribution in [3.8, 4) is 0 Å². The third kappa shape index (κ3) is 4.87. The van der Waals surface area contributed by atoms with Gasteiger partial charge in [-0.25, -0.2) is 9.18 Å². The zero-order valence-electron chi connectivity index (χ0n) is 16.6. The lowest BCUT2D eigenvalue weighted by molar-refractivity contribution is -0.332. The maximum Gasteiger partial charge on any atom is 0.370 e. The van der Waals surface area contributed by atoms with Gasteiger partial charge in [0, 0.05) is 19.4 Å². The van der Waals surface area contributed by atoms with Crippen LogP contribution < -0.4 is 5.32 Å². The number of hydrogen-bond donors (Lipinski definition) is 1. The smallest absolute Gasteiger partial charge is 0.370 e. The second kappa shape index (κ2) is 9.95. The van der Waals surface area contributed by atoms with Crippen LogP contribution in [0.2, 0.25) is 0 Å². The number of carbonyl (C=O) groups is 2. The third-order valence-electron chi connectivity index (χ3n) is 4.75. The molecule has 5 atom stereocenters. The van der Waals surface area contributed by atoms with Gasteiger partial charge in [0.2, 0.25) is 6.17 Å². The Bertz CT molecular complexity index is 657. The molecule has 0 radical (unpaired) electrons. The molecule has 7 nitrogen and oxygen atoms in total. The van der Waals surface area contributed by atoms with Crippen LogP contribution in [0.3, 0.4) is 0 Å². The van der Waals surface area contributed by atoms with Gasteiger partial charge in [-0.05, 0) is 12.1 Å². The van der Waals surface area contributed by atoms with Gasteiger partial charge in [-0.15, -0.1) is 0 Å². The number of ether oxygens (including phenoxy) is 4. The van der Waals surface area contributed by atoms with Crippen LogP contribution in [0.25, 0.3) is 0 Å². The summed E-state index contributed by atoms with van der Waals surface area (Å²) in [6.45, 7) is 5.72. The van der Waals surface area contributed by atoms with E-state index in [1.165, 1.54) is 6.92 Å². The molecule has 28 heavy (non-hydrogen) atoms. The lowest BCUT2D eigenvalue weighted by Crippen LogP contribution is -2.67. The Morgan fingerprint density at radius 2 is 1.96 bits per heavy atom. The molecule has 1 saturated heterocycles. The van der Waals surface area contributed by atoms with Crippen molar-refractivity contribution in [2.45, 2.75) is 51.5 Å². The minimum Gasteiger partial charge on any atom is -0.465 e. The molecule has 0 spiro atoms. The van der Waals surface area contributed by atoms with Gasteiger partial charge < -0.3 is 24.3 Å². The minimum atomic E-state index is -2.34. The molecule has 1 N–H and O–H groups in total. The van der Waals surface area contributed by atoms with Crippen molar-refractivity contribution in [2.24, 2.45) is 5.92 Å². The molecule has 0 bridgehead atoms. The summed E-state index contributed by atoms with van der Waals surface area (Å²) in [5.74, 6) is -4.50. The minimum absolute atomic E-state index is 0.0779. The number of methoxy groups -OCH3 is 1. The van der Waals surface area contributed by atoms with Crippen molar-refractivity contribution < 1.29 is 32.9 Å². The Kier molecular flexibility index (Phi) is 7.91. The van der Waals surface area contributed by atoms with Crippen molar-refractivity contribution in [1.82, 2.24) is 5.32 Å². The molecule has 0 aromatic heterocycles. The number of hydrogen-bond acceptors (Lipinski definition) is 7. The molecule has 0 amide bonds. The fraction of sp³-hybridized carbons (Fsp3) is 0.600. The van der Waals surface area contributed by atoms with Crippen molar-refractivity contribution in [2.75, 3.05) is 20.2 Å². The van der Waals surface area contributed by atoms with Crippen LogP contribution in [0.5, 0.6) is 0 Å². The lowest BCUT2D eigenvalue weighted by atomic mass is 9.86. The number of nitrogens with one attached hydrogen (secondary N) is 1. The van der Waals surface area contributed by atoms with Gasteiger partial charge in [0.15, 0.2) is 0 Å². The van der Waals surface area contributed by atoms with Gasteiger partial charge >= 0.3 is 17.7 Å². The van der Waals surface area contributed by atoms with Gasteiger partial charge in [-0.1, -0.05) is 44.2 Å². The van der Waals surface area contributed by atoms with E-state index >= 15 is 4.39 Å². The summed E-state index contributed by atoms with van der Waals surface area (Å²) >= 11 is 0. The number of halogens is 1. The monoisotopic (exact) mass is 397 g/mol. The average molecular weight is 397 g/mol.